The van der Waals surface area contributed by atoms with E-state index in [1.54, 1.807) is 0 Å². The van der Waals surface area contributed by atoms with Gasteiger partial charge in [-0.15, -0.1) is 0 Å². The molecule has 17 heavy (non-hydrogen) atoms. The van der Waals surface area contributed by atoms with Crippen LogP contribution in [0.5, 0.6) is 0 Å². The van der Waals surface area contributed by atoms with E-state index in [4.69, 9.17) is 0 Å². The summed E-state index contributed by atoms with van der Waals surface area (Å²) < 4.78 is 5.02. The van der Waals surface area contributed by atoms with Gasteiger partial charge in [0.05, 0.1) is 8.88 Å². The lowest BCUT2D eigenvalue weighted by Crippen LogP contribution is -2.14. The van der Waals surface area contributed by atoms with E-state index in [0.717, 1.165) is 21.7 Å². The molecule has 2 aromatic heterocycles. The van der Waals surface area contributed by atoms with Crippen molar-refractivity contribution in [2.75, 3.05) is 0 Å². The zero-order chi connectivity index (χ0) is 12.0. The molecule has 0 atom stereocenters. The molecule has 90 valence electrons. The molecule has 0 aromatic carbocycles. The average molecular weight is 246 g/mol. The summed E-state index contributed by atoms with van der Waals surface area (Å²) in [5.74, 6) is 0.525. The standard InChI is InChI=1S/C14H19N2P/c1-4-11-6-8-13-10(3)14-9-7-12(5-2)16(14)17-15(11)13/h6-10,17H,4-5H2,1-3H3. The maximum absolute atomic E-state index is 2.51. The lowest BCUT2D eigenvalue weighted by molar-refractivity contribution is 0.763. The Morgan fingerprint density at radius 1 is 0.941 bits per heavy atom. The Balaban J connectivity index is 2.14. The maximum atomic E-state index is 2.51. The number of nitrogens with zero attached hydrogens (tertiary/aromatic N) is 2. The van der Waals surface area contributed by atoms with Crippen molar-refractivity contribution in [3.63, 3.8) is 0 Å². The third kappa shape index (κ3) is 1.51. The summed E-state index contributed by atoms with van der Waals surface area (Å²) in [5, 5.41) is 0. The van der Waals surface area contributed by atoms with Crippen LogP contribution in [0.1, 0.15) is 49.5 Å². The minimum absolute atomic E-state index is 0.525. The molecule has 0 spiro atoms. The van der Waals surface area contributed by atoms with Crippen molar-refractivity contribution in [2.45, 2.75) is 39.5 Å². The van der Waals surface area contributed by atoms with E-state index in [1.165, 1.54) is 22.8 Å². The number of fused-ring (bicyclic) bond motifs is 2. The summed E-state index contributed by atoms with van der Waals surface area (Å²) in [5.41, 5.74) is 5.89. The van der Waals surface area contributed by atoms with Gasteiger partial charge in [0.25, 0.3) is 0 Å². The first-order chi connectivity index (χ1) is 8.26. The van der Waals surface area contributed by atoms with Gasteiger partial charge < -0.3 is 8.68 Å². The summed E-state index contributed by atoms with van der Waals surface area (Å²) in [4.78, 5) is 0. The highest BCUT2D eigenvalue weighted by Crippen LogP contribution is 2.41. The molecule has 1 aliphatic rings. The Morgan fingerprint density at radius 3 is 1.82 bits per heavy atom. The number of aryl methyl sites for hydroxylation is 2. The van der Waals surface area contributed by atoms with Crippen molar-refractivity contribution in [3.8, 4) is 0 Å². The van der Waals surface area contributed by atoms with Crippen LogP contribution in [0, 0.1) is 0 Å². The van der Waals surface area contributed by atoms with Crippen molar-refractivity contribution >= 4 is 8.88 Å². The molecule has 0 saturated heterocycles. The Labute approximate surface area is 105 Å². The fraction of sp³-hybridized carbons (Fsp3) is 0.429. The third-order valence-electron chi connectivity index (χ3n) is 3.80. The molecule has 0 N–H and O–H groups in total. The zero-order valence-corrected chi connectivity index (χ0v) is 11.7. The highest BCUT2D eigenvalue weighted by atomic mass is 31.1. The third-order valence-corrected chi connectivity index (χ3v) is 5.29. The van der Waals surface area contributed by atoms with Gasteiger partial charge >= 0.3 is 0 Å². The van der Waals surface area contributed by atoms with E-state index < -0.39 is 0 Å². The number of hydrogen-bond acceptors (Lipinski definition) is 0. The summed E-state index contributed by atoms with van der Waals surface area (Å²) >= 11 is 0. The molecule has 3 heterocycles. The molecule has 2 nitrogen and oxygen atoms in total. The van der Waals surface area contributed by atoms with Crippen LogP contribution < -0.4 is 0 Å². The first-order valence-electron chi connectivity index (χ1n) is 6.44. The molecule has 0 unspecified atom stereocenters. The predicted molar refractivity (Wildman–Crippen MR) is 74.2 cm³/mol. The van der Waals surface area contributed by atoms with Gasteiger partial charge in [-0.05, 0) is 37.1 Å². The molecule has 0 amide bonds. The number of hydrogen-bond donors (Lipinski definition) is 0. The van der Waals surface area contributed by atoms with E-state index in [2.05, 4.69) is 53.7 Å². The zero-order valence-electron chi connectivity index (χ0n) is 10.7. The van der Waals surface area contributed by atoms with E-state index >= 15 is 0 Å². The van der Waals surface area contributed by atoms with Crippen LogP contribution in [0.3, 0.4) is 0 Å². The fourth-order valence-electron chi connectivity index (χ4n) is 2.72. The quantitative estimate of drug-likeness (QED) is 0.714. The van der Waals surface area contributed by atoms with E-state index in [1.807, 2.05) is 0 Å². The van der Waals surface area contributed by atoms with Gasteiger partial charge in [-0.2, -0.15) is 0 Å². The minimum Gasteiger partial charge on any atom is -0.311 e. The van der Waals surface area contributed by atoms with E-state index in [-0.39, 0.29) is 0 Å². The van der Waals surface area contributed by atoms with Crippen molar-refractivity contribution in [1.82, 2.24) is 8.68 Å². The van der Waals surface area contributed by atoms with Gasteiger partial charge in [0.1, 0.15) is 0 Å². The van der Waals surface area contributed by atoms with Crippen molar-refractivity contribution in [2.24, 2.45) is 0 Å². The van der Waals surface area contributed by atoms with Gasteiger partial charge in [0.2, 0.25) is 0 Å². The van der Waals surface area contributed by atoms with Crippen LogP contribution >= 0.6 is 8.88 Å². The summed E-state index contributed by atoms with van der Waals surface area (Å²) in [6.45, 7) is 6.80. The van der Waals surface area contributed by atoms with Crippen LogP contribution in [0.4, 0.5) is 0 Å². The number of rotatable bonds is 2. The Kier molecular flexibility index (Phi) is 2.63. The van der Waals surface area contributed by atoms with Crippen LogP contribution in [-0.2, 0) is 12.8 Å². The minimum atomic E-state index is 0.525. The SMILES string of the molecule is CCc1ccc2n1Pn1c(CC)ccc1C2C. The van der Waals surface area contributed by atoms with Crippen LogP contribution in [0.15, 0.2) is 24.3 Å². The molecule has 0 saturated carbocycles. The van der Waals surface area contributed by atoms with Crippen LogP contribution in [0.25, 0.3) is 0 Å². The lowest BCUT2D eigenvalue weighted by Gasteiger charge is -2.27. The Morgan fingerprint density at radius 2 is 1.41 bits per heavy atom. The second-order valence-corrected chi connectivity index (χ2v) is 5.79. The summed E-state index contributed by atoms with van der Waals surface area (Å²) in [7, 11) is 0.723. The molecule has 0 radical (unpaired) electrons. The average Bonchev–Trinajstić information content (AvgIpc) is 2.93. The van der Waals surface area contributed by atoms with Crippen LogP contribution in [-0.4, -0.2) is 8.68 Å². The number of aromatic nitrogens is 2. The maximum Gasteiger partial charge on any atom is 0.0883 e. The monoisotopic (exact) mass is 246 g/mol. The molecular formula is C14H19N2P. The largest absolute Gasteiger partial charge is 0.311 e. The lowest BCUT2D eigenvalue weighted by atomic mass is 10.1. The Bertz CT molecular complexity index is 502. The highest BCUT2D eigenvalue weighted by Gasteiger charge is 2.24. The molecule has 3 rings (SSSR count). The topological polar surface area (TPSA) is 9.86 Å². The van der Waals surface area contributed by atoms with Crippen molar-refractivity contribution in [3.05, 3.63) is 47.0 Å². The second kappa shape index (κ2) is 4.03. The predicted octanol–water partition coefficient (Wildman–Crippen LogP) is 3.78. The van der Waals surface area contributed by atoms with Gasteiger partial charge in [0, 0.05) is 28.7 Å². The van der Waals surface area contributed by atoms with Gasteiger partial charge in [-0.3, -0.25) is 0 Å². The van der Waals surface area contributed by atoms with Crippen molar-refractivity contribution in [1.29, 1.82) is 0 Å². The molecule has 3 heteroatoms. The van der Waals surface area contributed by atoms with Gasteiger partial charge in [-0.1, -0.05) is 20.8 Å². The first-order valence-corrected chi connectivity index (χ1v) is 7.33. The summed E-state index contributed by atoms with van der Waals surface area (Å²) in [6.07, 6.45) is 2.25. The first kappa shape index (κ1) is 11.1. The van der Waals surface area contributed by atoms with Gasteiger partial charge in [0.15, 0.2) is 0 Å². The molecule has 0 bridgehead atoms. The van der Waals surface area contributed by atoms with Crippen molar-refractivity contribution < 1.29 is 0 Å². The van der Waals surface area contributed by atoms with E-state index in [9.17, 15) is 0 Å². The highest BCUT2D eigenvalue weighted by molar-refractivity contribution is 7.34. The second-order valence-electron chi connectivity index (χ2n) is 4.70. The van der Waals surface area contributed by atoms with Gasteiger partial charge in [-0.25, -0.2) is 0 Å². The molecular weight excluding hydrogens is 227 g/mol. The Hall–Kier alpha value is -1.01. The summed E-state index contributed by atoms with van der Waals surface area (Å²) in [6, 6.07) is 9.19. The smallest absolute Gasteiger partial charge is 0.0883 e. The molecule has 0 aliphatic carbocycles. The molecule has 1 aliphatic heterocycles. The normalized spacial score (nSPS) is 19.4. The van der Waals surface area contributed by atoms with Crippen LogP contribution in [0.2, 0.25) is 0 Å². The molecule has 2 aromatic rings. The molecule has 0 fully saturated rings. The van der Waals surface area contributed by atoms with E-state index in [0.29, 0.717) is 5.92 Å². The fourth-order valence-corrected chi connectivity index (χ4v) is 4.41.